The molecule has 0 aliphatic rings. The first-order chi connectivity index (χ1) is 10.1. The summed E-state index contributed by atoms with van der Waals surface area (Å²) in [6.45, 7) is 13.4. The van der Waals surface area contributed by atoms with E-state index in [-0.39, 0.29) is 10.8 Å². The lowest BCUT2D eigenvalue weighted by molar-refractivity contribution is 0.381. The fourth-order valence-corrected chi connectivity index (χ4v) is 3.00. The lowest BCUT2D eigenvalue weighted by Gasteiger charge is -2.30. The highest BCUT2D eigenvalue weighted by molar-refractivity contribution is 8.01. The van der Waals surface area contributed by atoms with Crippen molar-refractivity contribution in [2.24, 2.45) is 0 Å². The highest BCUT2D eigenvalue weighted by Gasteiger charge is 2.27. The smallest absolute Gasteiger partial charge is 0.126 e. The number of ether oxygens (including phenoxy) is 1. The van der Waals surface area contributed by atoms with Crippen LogP contribution in [0.3, 0.4) is 0 Å². The van der Waals surface area contributed by atoms with E-state index in [0.29, 0.717) is 0 Å². The van der Waals surface area contributed by atoms with E-state index in [4.69, 9.17) is 4.74 Å². The van der Waals surface area contributed by atoms with Gasteiger partial charge in [-0.1, -0.05) is 41.5 Å². The molecule has 0 saturated heterocycles. The maximum absolute atomic E-state index is 5.81. The lowest BCUT2D eigenvalue weighted by Crippen LogP contribution is -2.20. The third-order valence-corrected chi connectivity index (χ3v) is 4.20. The van der Waals surface area contributed by atoms with Crippen LogP contribution >= 0.6 is 11.8 Å². The molecule has 1 aromatic carbocycles. The van der Waals surface area contributed by atoms with Gasteiger partial charge in [-0.05, 0) is 40.2 Å². The minimum atomic E-state index is 0.0273. The topological polar surface area (TPSA) is 21.3 Å². The van der Waals surface area contributed by atoms with Crippen LogP contribution in [0, 0.1) is 0 Å². The molecule has 0 aromatic heterocycles. The van der Waals surface area contributed by atoms with Crippen molar-refractivity contribution < 1.29 is 4.74 Å². The zero-order chi connectivity index (χ0) is 17.1. The summed E-state index contributed by atoms with van der Waals surface area (Å²) in [5.41, 5.74) is 4.91. The molecule has 0 bridgehead atoms. The maximum Gasteiger partial charge on any atom is 0.126 e. The van der Waals surface area contributed by atoms with Crippen molar-refractivity contribution in [2.75, 3.05) is 20.4 Å². The van der Waals surface area contributed by atoms with E-state index >= 15 is 0 Å². The normalized spacial score (nSPS) is 13.2. The van der Waals surface area contributed by atoms with Crippen LogP contribution in [-0.4, -0.2) is 20.4 Å². The second-order valence-corrected chi connectivity index (χ2v) is 8.33. The Hall–Kier alpha value is -1.09. The van der Waals surface area contributed by atoms with Crippen molar-refractivity contribution in [1.29, 1.82) is 0 Å². The average Bonchev–Trinajstić information content (AvgIpc) is 2.41. The predicted octanol–water partition coefficient (Wildman–Crippen LogP) is 5.17. The summed E-state index contributed by atoms with van der Waals surface area (Å²) in [5, 5.41) is 5.47. The quantitative estimate of drug-likeness (QED) is 0.826. The van der Waals surface area contributed by atoms with Gasteiger partial charge in [0.15, 0.2) is 0 Å². The molecule has 0 spiro atoms. The molecule has 22 heavy (non-hydrogen) atoms. The fraction of sp³-hybridized carbons (Fsp3) is 0.579. The molecule has 1 N–H and O–H groups in total. The van der Waals surface area contributed by atoms with Gasteiger partial charge in [-0.3, -0.25) is 0 Å². The van der Waals surface area contributed by atoms with E-state index in [1.807, 2.05) is 7.05 Å². The SMILES string of the molecule is CN/C(=C\SC)c1cc(C(C)(C)C)c(OC)c(C(C)(C)C)c1. The van der Waals surface area contributed by atoms with E-state index in [0.717, 1.165) is 11.4 Å². The Bertz CT molecular complexity index is 513. The largest absolute Gasteiger partial charge is 0.496 e. The second kappa shape index (κ2) is 6.99. The second-order valence-electron chi connectivity index (χ2n) is 7.62. The Morgan fingerprint density at radius 3 is 1.77 bits per heavy atom. The van der Waals surface area contributed by atoms with Crippen molar-refractivity contribution in [3.8, 4) is 5.75 Å². The van der Waals surface area contributed by atoms with Crippen molar-refractivity contribution in [1.82, 2.24) is 5.32 Å². The first-order valence-corrected chi connectivity index (χ1v) is 8.99. The van der Waals surface area contributed by atoms with Crippen molar-refractivity contribution in [2.45, 2.75) is 52.4 Å². The van der Waals surface area contributed by atoms with Crippen LogP contribution in [0.15, 0.2) is 17.5 Å². The summed E-state index contributed by atoms with van der Waals surface area (Å²) in [6.07, 6.45) is 2.08. The fourth-order valence-electron chi connectivity index (χ4n) is 2.51. The molecule has 1 rings (SSSR count). The highest BCUT2D eigenvalue weighted by atomic mass is 32.2. The molecule has 0 saturated carbocycles. The Morgan fingerprint density at radius 1 is 1.05 bits per heavy atom. The van der Waals surface area contributed by atoms with E-state index in [2.05, 4.69) is 70.7 Å². The standard InChI is InChI=1S/C19H31NOS/c1-18(2,3)14-10-13(16(20-7)12-22-9)11-15(17(14)21-8)19(4,5)6/h10-12,20H,1-9H3/b16-12-. The third-order valence-electron chi connectivity index (χ3n) is 3.73. The summed E-state index contributed by atoms with van der Waals surface area (Å²) in [4.78, 5) is 0. The number of thioether (sulfide) groups is 1. The summed E-state index contributed by atoms with van der Waals surface area (Å²) in [5.74, 6) is 1.02. The summed E-state index contributed by atoms with van der Waals surface area (Å²) in [6, 6.07) is 4.51. The first-order valence-electron chi connectivity index (χ1n) is 7.70. The molecule has 1 aromatic rings. The molecule has 0 unspecified atom stereocenters. The Morgan fingerprint density at radius 2 is 1.50 bits per heavy atom. The number of nitrogens with one attached hydrogen (secondary N) is 1. The number of rotatable bonds is 4. The predicted molar refractivity (Wildman–Crippen MR) is 101 cm³/mol. The highest BCUT2D eigenvalue weighted by Crippen LogP contribution is 2.41. The van der Waals surface area contributed by atoms with Gasteiger partial charge in [-0.15, -0.1) is 11.8 Å². The van der Waals surface area contributed by atoms with Crippen LogP contribution in [0.1, 0.15) is 58.2 Å². The van der Waals surface area contributed by atoms with Gasteiger partial charge in [0.05, 0.1) is 7.11 Å². The molecule has 0 aliphatic carbocycles. The molecule has 0 atom stereocenters. The van der Waals surface area contributed by atoms with E-state index in [9.17, 15) is 0 Å². The minimum absolute atomic E-state index is 0.0273. The molecule has 0 aliphatic heterocycles. The zero-order valence-electron chi connectivity index (χ0n) is 15.5. The van der Waals surface area contributed by atoms with Crippen LogP contribution in [0.2, 0.25) is 0 Å². The number of hydrogen-bond acceptors (Lipinski definition) is 3. The van der Waals surface area contributed by atoms with Gasteiger partial charge in [-0.2, -0.15) is 0 Å². The molecule has 0 fully saturated rings. The van der Waals surface area contributed by atoms with Crippen molar-refractivity contribution in [3.05, 3.63) is 34.2 Å². The van der Waals surface area contributed by atoms with E-state index in [1.165, 1.54) is 16.7 Å². The van der Waals surface area contributed by atoms with Crippen LogP contribution in [0.25, 0.3) is 5.70 Å². The van der Waals surface area contributed by atoms with E-state index in [1.54, 1.807) is 18.9 Å². The molecular weight excluding hydrogens is 290 g/mol. The summed E-state index contributed by atoms with van der Waals surface area (Å²) in [7, 11) is 3.75. The zero-order valence-corrected chi connectivity index (χ0v) is 16.4. The summed E-state index contributed by atoms with van der Waals surface area (Å²) >= 11 is 1.71. The van der Waals surface area contributed by atoms with Crippen LogP contribution in [0.5, 0.6) is 5.75 Å². The number of benzene rings is 1. The number of hydrogen-bond donors (Lipinski definition) is 1. The van der Waals surface area contributed by atoms with E-state index < -0.39 is 0 Å². The Labute approximate surface area is 140 Å². The van der Waals surface area contributed by atoms with Crippen molar-refractivity contribution >= 4 is 17.5 Å². The third kappa shape index (κ3) is 4.22. The van der Waals surface area contributed by atoms with Crippen LogP contribution in [0.4, 0.5) is 0 Å². The number of methoxy groups -OCH3 is 1. The van der Waals surface area contributed by atoms with Gasteiger partial charge >= 0.3 is 0 Å². The molecule has 0 radical (unpaired) electrons. The lowest BCUT2D eigenvalue weighted by atomic mass is 9.78. The van der Waals surface area contributed by atoms with Crippen molar-refractivity contribution in [3.63, 3.8) is 0 Å². The van der Waals surface area contributed by atoms with Gasteiger partial charge in [0.2, 0.25) is 0 Å². The average molecular weight is 322 g/mol. The maximum atomic E-state index is 5.81. The molecule has 0 heterocycles. The van der Waals surface area contributed by atoms with Gasteiger partial charge in [-0.25, -0.2) is 0 Å². The van der Waals surface area contributed by atoms with Crippen LogP contribution in [-0.2, 0) is 10.8 Å². The molecule has 0 amide bonds. The van der Waals surface area contributed by atoms with Gasteiger partial charge in [0.25, 0.3) is 0 Å². The molecule has 3 heteroatoms. The summed E-state index contributed by atoms with van der Waals surface area (Å²) < 4.78 is 5.81. The van der Waals surface area contributed by atoms with Gasteiger partial charge in [0.1, 0.15) is 5.75 Å². The molecule has 2 nitrogen and oxygen atoms in total. The Balaban J connectivity index is 3.74. The first kappa shape index (κ1) is 19.0. The monoisotopic (exact) mass is 321 g/mol. The van der Waals surface area contributed by atoms with Crippen LogP contribution < -0.4 is 10.1 Å². The van der Waals surface area contributed by atoms with Gasteiger partial charge < -0.3 is 10.1 Å². The minimum Gasteiger partial charge on any atom is -0.496 e. The van der Waals surface area contributed by atoms with Gasteiger partial charge in [0, 0.05) is 23.9 Å². The molecular formula is C19H31NOS. The Kier molecular flexibility index (Phi) is 6.03. The molecule has 124 valence electrons.